The highest BCUT2D eigenvalue weighted by Gasteiger charge is 2.19. The molecule has 0 aliphatic heterocycles. The Morgan fingerprint density at radius 1 is 0.968 bits per heavy atom. The minimum Gasteiger partial charge on any atom is -0.497 e. The molecule has 1 heterocycles. The van der Waals surface area contributed by atoms with E-state index in [4.69, 9.17) is 9.15 Å². The monoisotopic (exact) mass is 438 g/mol. The SMILES string of the molecule is COc1ccc(S(=O)(=O)NCCNC(=O)c2oc3c(ccc4ccccc43)c2C)cc1. The van der Waals surface area contributed by atoms with Crippen LogP contribution in [0, 0.1) is 6.92 Å². The molecule has 0 atom stereocenters. The highest BCUT2D eigenvalue weighted by atomic mass is 32.2. The summed E-state index contributed by atoms with van der Waals surface area (Å²) in [7, 11) is -2.17. The molecule has 1 aromatic heterocycles. The van der Waals surface area contributed by atoms with Gasteiger partial charge < -0.3 is 14.5 Å². The molecule has 0 fully saturated rings. The Morgan fingerprint density at radius 3 is 2.45 bits per heavy atom. The molecule has 4 rings (SSSR count). The molecule has 0 aliphatic rings. The molecule has 0 aliphatic carbocycles. The van der Waals surface area contributed by atoms with E-state index in [1.165, 1.54) is 19.2 Å². The van der Waals surface area contributed by atoms with Crippen LogP contribution in [-0.2, 0) is 10.0 Å². The topological polar surface area (TPSA) is 97.6 Å². The zero-order chi connectivity index (χ0) is 22.0. The van der Waals surface area contributed by atoms with Crippen LogP contribution in [0.25, 0.3) is 21.7 Å². The van der Waals surface area contributed by atoms with Gasteiger partial charge in [0.25, 0.3) is 5.91 Å². The van der Waals surface area contributed by atoms with E-state index in [1.807, 2.05) is 43.3 Å². The van der Waals surface area contributed by atoms with Crippen molar-refractivity contribution in [1.29, 1.82) is 0 Å². The fourth-order valence-electron chi connectivity index (χ4n) is 3.45. The van der Waals surface area contributed by atoms with Gasteiger partial charge in [-0.15, -0.1) is 0 Å². The van der Waals surface area contributed by atoms with E-state index in [2.05, 4.69) is 10.0 Å². The number of aryl methyl sites for hydroxylation is 1. The van der Waals surface area contributed by atoms with Crippen molar-refractivity contribution < 1.29 is 22.4 Å². The molecular weight excluding hydrogens is 416 g/mol. The van der Waals surface area contributed by atoms with Crippen molar-refractivity contribution in [2.45, 2.75) is 11.8 Å². The molecular formula is C23H22N2O5S. The van der Waals surface area contributed by atoms with E-state index in [0.29, 0.717) is 11.3 Å². The second-order valence-corrected chi connectivity index (χ2v) is 8.82. The number of nitrogens with one attached hydrogen (secondary N) is 2. The maximum Gasteiger partial charge on any atom is 0.287 e. The summed E-state index contributed by atoms with van der Waals surface area (Å²) in [5, 5.41) is 5.56. The molecule has 1 amide bonds. The van der Waals surface area contributed by atoms with Crippen molar-refractivity contribution in [3.05, 3.63) is 72.0 Å². The molecule has 0 spiro atoms. The average molecular weight is 439 g/mol. The minimum atomic E-state index is -3.68. The third-order valence-electron chi connectivity index (χ3n) is 5.11. The Balaban J connectivity index is 1.42. The van der Waals surface area contributed by atoms with E-state index in [0.717, 1.165) is 21.7 Å². The quantitative estimate of drug-likeness (QED) is 0.430. The Labute approximate surface area is 180 Å². The van der Waals surface area contributed by atoms with Crippen molar-refractivity contribution in [2.75, 3.05) is 20.2 Å². The van der Waals surface area contributed by atoms with Crippen molar-refractivity contribution in [3.63, 3.8) is 0 Å². The van der Waals surface area contributed by atoms with Gasteiger partial charge in [-0.05, 0) is 36.6 Å². The normalized spacial score (nSPS) is 11.7. The van der Waals surface area contributed by atoms with Gasteiger partial charge in [0, 0.05) is 29.4 Å². The van der Waals surface area contributed by atoms with Crippen molar-refractivity contribution in [2.24, 2.45) is 0 Å². The Kier molecular flexibility index (Phi) is 5.67. The van der Waals surface area contributed by atoms with Gasteiger partial charge >= 0.3 is 0 Å². The second-order valence-electron chi connectivity index (χ2n) is 7.05. The lowest BCUT2D eigenvalue weighted by molar-refractivity contribution is 0.0928. The summed E-state index contributed by atoms with van der Waals surface area (Å²) in [6.45, 7) is 2.00. The first-order chi connectivity index (χ1) is 14.9. The first kappa shape index (κ1) is 20.9. The summed E-state index contributed by atoms with van der Waals surface area (Å²) in [6.07, 6.45) is 0. The second kappa shape index (κ2) is 8.41. The standard InChI is InChI=1S/C23H22N2O5S/c1-15-19-12-7-16-5-3-4-6-20(16)22(19)30-21(15)23(26)24-13-14-25-31(27,28)18-10-8-17(29-2)9-11-18/h3-12,25H,13-14H2,1-2H3,(H,24,26). The number of ether oxygens (including phenoxy) is 1. The van der Waals surface area contributed by atoms with E-state index in [1.54, 1.807) is 12.1 Å². The number of fused-ring (bicyclic) bond motifs is 3. The van der Waals surface area contributed by atoms with Crippen LogP contribution >= 0.6 is 0 Å². The van der Waals surface area contributed by atoms with Gasteiger partial charge in [0.15, 0.2) is 5.76 Å². The van der Waals surface area contributed by atoms with Crippen LogP contribution in [0.1, 0.15) is 16.1 Å². The lowest BCUT2D eigenvalue weighted by atomic mass is 10.1. The smallest absolute Gasteiger partial charge is 0.287 e. The number of benzene rings is 3. The minimum absolute atomic E-state index is 0.0440. The highest BCUT2D eigenvalue weighted by Crippen LogP contribution is 2.31. The Morgan fingerprint density at radius 2 is 1.71 bits per heavy atom. The summed E-state index contributed by atoms with van der Waals surface area (Å²) < 4.78 is 38.1. The predicted octanol–water partition coefficient (Wildman–Crippen LogP) is 3.61. The van der Waals surface area contributed by atoms with Crippen LogP contribution in [0.4, 0.5) is 0 Å². The number of carbonyl (C=O) groups is 1. The van der Waals surface area contributed by atoms with Gasteiger partial charge in [0.05, 0.1) is 12.0 Å². The maximum absolute atomic E-state index is 12.6. The number of rotatable bonds is 7. The van der Waals surface area contributed by atoms with Crippen molar-refractivity contribution in [1.82, 2.24) is 10.0 Å². The summed E-state index contributed by atoms with van der Waals surface area (Å²) >= 11 is 0. The third-order valence-corrected chi connectivity index (χ3v) is 6.58. The van der Waals surface area contributed by atoms with Gasteiger partial charge in [-0.25, -0.2) is 13.1 Å². The van der Waals surface area contributed by atoms with Crippen LogP contribution in [-0.4, -0.2) is 34.5 Å². The third kappa shape index (κ3) is 4.12. The number of hydrogen-bond donors (Lipinski definition) is 2. The fraction of sp³-hybridized carbons (Fsp3) is 0.174. The Bertz CT molecular complexity index is 1360. The summed E-state index contributed by atoms with van der Waals surface area (Å²) in [5.41, 5.74) is 1.41. The molecule has 160 valence electrons. The molecule has 0 bridgehead atoms. The lowest BCUT2D eigenvalue weighted by Gasteiger charge is -2.08. The number of hydrogen-bond acceptors (Lipinski definition) is 5. The van der Waals surface area contributed by atoms with Crippen molar-refractivity contribution in [3.8, 4) is 5.75 Å². The van der Waals surface area contributed by atoms with Gasteiger partial charge in [0.1, 0.15) is 11.3 Å². The van der Waals surface area contributed by atoms with E-state index in [9.17, 15) is 13.2 Å². The average Bonchev–Trinajstić information content (AvgIpc) is 3.13. The van der Waals surface area contributed by atoms with Gasteiger partial charge in [-0.1, -0.05) is 36.4 Å². The van der Waals surface area contributed by atoms with Gasteiger partial charge in [0.2, 0.25) is 10.0 Å². The summed E-state index contributed by atoms with van der Waals surface area (Å²) in [5.74, 6) is 0.408. The van der Waals surface area contributed by atoms with E-state index >= 15 is 0 Å². The molecule has 0 saturated heterocycles. The maximum atomic E-state index is 12.6. The number of methoxy groups -OCH3 is 1. The molecule has 7 nitrogen and oxygen atoms in total. The van der Waals surface area contributed by atoms with Gasteiger partial charge in [-0.3, -0.25) is 4.79 Å². The van der Waals surface area contributed by atoms with Crippen LogP contribution in [0.3, 0.4) is 0 Å². The first-order valence-corrected chi connectivity index (χ1v) is 11.2. The largest absolute Gasteiger partial charge is 0.497 e. The zero-order valence-corrected chi connectivity index (χ0v) is 18.0. The molecule has 31 heavy (non-hydrogen) atoms. The molecule has 4 aromatic rings. The molecule has 2 N–H and O–H groups in total. The molecule has 0 unspecified atom stereocenters. The summed E-state index contributed by atoms with van der Waals surface area (Å²) in [4.78, 5) is 12.8. The first-order valence-electron chi connectivity index (χ1n) is 9.73. The number of furan rings is 1. The Hall–Kier alpha value is -3.36. The molecule has 0 radical (unpaired) electrons. The van der Waals surface area contributed by atoms with Crippen molar-refractivity contribution >= 4 is 37.7 Å². The van der Waals surface area contributed by atoms with E-state index in [-0.39, 0.29) is 29.7 Å². The number of sulfonamides is 1. The van der Waals surface area contributed by atoms with E-state index < -0.39 is 10.0 Å². The van der Waals surface area contributed by atoms with Crippen LogP contribution in [0.5, 0.6) is 5.75 Å². The van der Waals surface area contributed by atoms with Crippen LogP contribution in [0.15, 0.2) is 70.0 Å². The molecule has 0 saturated carbocycles. The lowest BCUT2D eigenvalue weighted by Crippen LogP contribution is -2.34. The zero-order valence-electron chi connectivity index (χ0n) is 17.1. The van der Waals surface area contributed by atoms with Gasteiger partial charge in [-0.2, -0.15) is 0 Å². The van der Waals surface area contributed by atoms with Crippen LogP contribution < -0.4 is 14.8 Å². The molecule has 8 heteroatoms. The summed E-state index contributed by atoms with van der Waals surface area (Å²) in [6, 6.07) is 17.8. The fourth-order valence-corrected chi connectivity index (χ4v) is 4.48. The molecule has 3 aromatic carbocycles. The predicted molar refractivity (Wildman–Crippen MR) is 119 cm³/mol. The van der Waals surface area contributed by atoms with Crippen LogP contribution in [0.2, 0.25) is 0 Å². The number of amides is 1. The number of carbonyl (C=O) groups excluding carboxylic acids is 1. The highest BCUT2D eigenvalue weighted by molar-refractivity contribution is 7.89.